The van der Waals surface area contributed by atoms with Crippen molar-refractivity contribution in [1.82, 2.24) is 9.62 Å². The van der Waals surface area contributed by atoms with Gasteiger partial charge in [0.15, 0.2) is 0 Å². The first kappa shape index (κ1) is 18.3. The monoisotopic (exact) mass is 344 g/mol. The highest BCUT2D eigenvalue weighted by molar-refractivity contribution is 7.89. The molecule has 1 aliphatic heterocycles. The van der Waals surface area contributed by atoms with Crippen LogP contribution in [0.15, 0.2) is 23.1 Å². The number of rotatable bonds is 6. The second kappa shape index (κ2) is 7.70. The van der Waals surface area contributed by atoms with Crippen LogP contribution in [0.1, 0.15) is 19.4 Å². The van der Waals surface area contributed by atoms with Crippen LogP contribution in [0.5, 0.6) is 0 Å². The molecule has 1 fully saturated rings. The number of nitrogens with zero attached hydrogens (tertiary/aromatic N) is 1. The van der Waals surface area contributed by atoms with Gasteiger partial charge in [-0.3, -0.25) is 4.90 Å². The van der Waals surface area contributed by atoms with E-state index in [-0.39, 0.29) is 10.9 Å². The Labute approximate surface area is 137 Å². The van der Waals surface area contributed by atoms with E-state index in [9.17, 15) is 12.8 Å². The summed E-state index contributed by atoms with van der Waals surface area (Å²) in [7, 11) is -3.65. The Bertz CT molecular complexity index is 628. The van der Waals surface area contributed by atoms with Crippen LogP contribution in [0.4, 0.5) is 4.39 Å². The van der Waals surface area contributed by atoms with Gasteiger partial charge in [0.05, 0.1) is 18.1 Å². The van der Waals surface area contributed by atoms with E-state index in [0.29, 0.717) is 31.2 Å². The van der Waals surface area contributed by atoms with Crippen LogP contribution >= 0.6 is 0 Å². The zero-order chi connectivity index (χ0) is 17.0. The normalized spacial score (nSPS) is 18.3. The van der Waals surface area contributed by atoms with Gasteiger partial charge in [-0.1, -0.05) is 13.8 Å². The summed E-state index contributed by atoms with van der Waals surface area (Å²) < 4.78 is 46.2. The lowest BCUT2D eigenvalue weighted by Gasteiger charge is -2.36. The van der Waals surface area contributed by atoms with Gasteiger partial charge < -0.3 is 4.74 Å². The zero-order valence-corrected chi connectivity index (χ0v) is 14.7. The maximum absolute atomic E-state index is 13.2. The van der Waals surface area contributed by atoms with E-state index in [0.717, 1.165) is 13.1 Å². The van der Waals surface area contributed by atoms with Gasteiger partial charge in [-0.25, -0.2) is 17.5 Å². The number of nitrogens with one attached hydrogen (secondary N) is 1. The molecule has 0 radical (unpaired) electrons. The molecule has 0 aromatic heterocycles. The average molecular weight is 344 g/mol. The fraction of sp³-hybridized carbons (Fsp3) is 0.625. The van der Waals surface area contributed by atoms with Gasteiger partial charge in [0.2, 0.25) is 10.0 Å². The number of aryl methyl sites for hydroxylation is 1. The van der Waals surface area contributed by atoms with Crippen molar-refractivity contribution in [2.24, 2.45) is 5.92 Å². The second-order valence-corrected chi connectivity index (χ2v) is 7.96. The third kappa shape index (κ3) is 4.73. The molecular formula is C16H25FN2O3S. The van der Waals surface area contributed by atoms with Gasteiger partial charge in [-0.15, -0.1) is 0 Å². The standard InChI is InChI=1S/C16H25FN2O3S/c1-12(2)15(19-6-8-22-9-7-19)11-18-23(20,21)16-5-4-14(17)10-13(16)3/h4-5,10,12,15,18H,6-9,11H2,1-3H3. The van der Waals surface area contributed by atoms with E-state index < -0.39 is 15.8 Å². The highest BCUT2D eigenvalue weighted by Crippen LogP contribution is 2.17. The summed E-state index contributed by atoms with van der Waals surface area (Å²) in [5, 5.41) is 0. The lowest BCUT2D eigenvalue weighted by Crippen LogP contribution is -2.51. The summed E-state index contributed by atoms with van der Waals surface area (Å²) in [5.74, 6) is -0.125. The Balaban J connectivity index is 2.09. The lowest BCUT2D eigenvalue weighted by atomic mass is 10.0. The Morgan fingerprint density at radius 2 is 1.96 bits per heavy atom. The topological polar surface area (TPSA) is 58.6 Å². The van der Waals surface area contributed by atoms with Crippen molar-refractivity contribution in [2.45, 2.75) is 31.7 Å². The molecule has 1 saturated heterocycles. The highest BCUT2D eigenvalue weighted by Gasteiger charge is 2.26. The molecule has 0 aliphatic carbocycles. The van der Waals surface area contributed by atoms with E-state index in [1.807, 2.05) is 0 Å². The van der Waals surface area contributed by atoms with Gasteiger partial charge in [0.25, 0.3) is 0 Å². The Hall–Kier alpha value is -1.02. The van der Waals surface area contributed by atoms with E-state index in [4.69, 9.17) is 4.74 Å². The summed E-state index contributed by atoms with van der Waals surface area (Å²) >= 11 is 0. The highest BCUT2D eigenvalue weighted by atomic mass is 32.2. The van der Waals surface area contributed by atoms with Gasteiger partial charge in [0.1, 0.15) is 5.82 Å². The molecule has 7 heteroatoms. The minimum absolute atomic E-state index is 0.106. The molecule has 2 rings (SSSR count). The predicted molar refractivity (Wildman–Crippen MR) is 87.3 cm³/mol. The number of halogens is 1. The van der Waals surface area contributed by atoms with Crippen molar-refractivity contribution >= 4 is 10.0 Å². The van der Waals surface area contributed by atoms with Gasteiger partial charge >= 0.3 is 0 Å². The minimum atomic E-state index is -3.65. The third-order valence-corrected chi connectivity index (χ3v) is 5.78. The lowest BCUT2D eigenvalue weighted by molar-refractivity contribution is 0.00776. The fourth-order valence-corrected chi connectivity index (χ4v) is 4.16. The maximum Gasteiger partial charge on any atom is 0.240 e. The molecule has 130 valence electrons. The van der Waals surface area contributed by atoms with E-state index >= 15 is 0 Å². The molecule has 23 heavy (non-hydrogen) atoms. The molecule has 1 aromatic rings. The predicted octanol–water partition coefficient (Wildman–Crippen LogP) is 1.77. The largest absolute Gasteiger partial charge is 0.379 e. The third-order valence-electron chi connectivity index (χ3n) is 4.19. The number of hydrogen-bond donors (Lipinski definition) is 1. The van der Waals surface area contributed by atoms with Gasteiger partial charge in [-0.05, 0) is 36.6 Å². The fourth-order valence-electron chi connectivity index (χ4n) is 2.88. The van der Waals surface area contributed by atoms with E-state index in [1.165, 1.54) is 18.2 Å². The number of sulfonamides is 1. The van der Waals surface area contributed by atoms with Gasteiger partial charge in [0, 0.05) is 25.7 Å². The van der Waals surface area contributed by atoms with Crippen molar-refractivity contribution in [1.29, 1.82) is 0 Å². The molecular weight excluding hydrogens is 319 g/mol. The molecule has 0 saturated carbocycles. The first-order valence-corrected chi connectivity index (χ1v) is 9.37. The van der Waals surface area contributed by atoms with Crippen LogP contribution in [0.2, 0.25) is 0 Å². The van der Waals surface area contributed by atoms with Crippen LogP contribution in [0.3, 0.4) is 0 Å². The van der Waals surface area contributed by atoms with Crippen molar-refractivity contribution in [3.8, 4) is 0 Å². The minimum Gasteiger partial charge on any atom is -0.379 e. The number of ether oxygens (including phenoxy) is 1. The first-order chi connectivity index (χ1) is 10.8. The van der Waals surface area contributed by atoms with E-state index in [2.05, 4.69) is 23.5 Å². The molecule has 1 heterocycles. The molecule has 1 atom stereocenters. The van der Waals surface area contributed by atoms with Gasteiger partial charge in [-0.2, -0.15) is 0 Å². The Kier molecular flexibility index (Phi) is 6.13. The molecule has 0 bridgehead atoms. The van der Waals surface area contributed by atoms with Crippen molar-refractivity contribution in [2.75, 3.05) is 32.8 Å². The molecule has 5 nitrogen and oxygen atoms in total. The summed E-state index contributed by atoms with van der Waals surface area (Å²) in [6.07, 6.45) is 0. The van der Waals surface area contributed by atoms with Crippen LogP contribution in [0.25, 0.3) is 0 Å². The van der Waals surface area contributed by atoms with Crippen LogP contribution in [0, 0.1) is 18.7 Å². The molecule has 1 unspecified atom stereocenters. The zero-order valence-electron chi connectivity index (χ0n) is 13.9. The average Bonchev–Trinajstić information content (AvgIpc) is 2.47. The first-order valence-electron chi connectivity index (χ1n) is 7.89. The SMILES string of the molecule is Cc1cc(F)ccc1S(=O)(=O)NCC(C(C)C)N1CCOCC1. The maximum atomic E-state index is 13.2. The van der Waals surface area contributed by atoms with Crippen LogP contribution in [-0.2, 0) is 14.8 Å². The molecule has 1 aromatic carbocycles. The Morgan fingerprint density at radius 1 is 1.30 bits per heavy atom. The smallest absolute Gasteiger partial charge is 0.240 e. The quantitative estimate of drug-likeness (QED) is 0.854. The van der Waals surface area contributed by atoms with Crippen molar-refractivity contribution in [3.05, 3.63) is 29.6 Å². The van der Waals surface area contributed by atoms with Crippen molar-refractivity contribution < 1.29 is 17.5 Å². The summed E-state index contributed by atoms with van der Waals surface area (Å²) in [5.41, 5.74) is 0.407. The second-order valence-electron chi connectivity index (χ2n) is 6.22. The number of benzene rings is 1. The summed E-state index contributed by atoms with van der Waals surface area (Å²) in [4.78, 5) is 2.39. The van der Waals surface area contributed by atoms with Crippen LogP contribution < -0.4 is 4.72 Å². The summed E-state index contributed by atoms with van der Waals surface area (Å²) in [6, 6.07) is 3.82. The van der Waals surface area contributed by atoms with E-state index in [1.54, 1.807) is 6.92 Å². The number of morpholine rings is 1. The Morgan fingerprint density at radius 3 is 2.52 bits per heavy atom. The molecule has 0 spiro atoms. The molecule has 1 N–H and O–H groups in total. The van der Waals surface area contributed by atoms with Crippen LogP contribution in [-0.4, -0.2) is 52.2 Å². The molecule has 1 aliphatic rings. The number of hydrogen-bond acceptors (Lipinski definition) is 4. The molecule has 0 amide bonds. The van der Waals surface area contributed by atoms with Crippen molar-refractivity contribution in [3.63, 3.8) is 0 Å². The summed E-state index contributed by atoms with van der Waals surface area (Å²) in [6.45, 7) is 9.05.